The van der Waals surface area contributed by atoms with Gasteiger partial charge in [0.1, 0.15) is 11.5 Å². The van der Waals surface area contributed by atoms with E-state index < -0.39 is 12.1 Å². The maximum absolute atomic E-state index is 12.7. The number of hydrogen-bond acceptors (Lipinski definition) is 4. The van der Waals surface area contributed by atoms with Crippen LogP contribution in [-0.2, 0) is 9.59 Å². The highest BCUT2D eigenvalue weighted by Crippen LogP contribution is 2.41. The topological polar surface area (TPSA) is 76.7 Å². The van der Waals surface area contributed by atoms with Gasteiger partial charge < -0.3 is 20.1 Å². The number of hydrogen-bond donors (Lipinski definition) is 2. The van der Waals surface area contributed by atoms with Crippen molar-refractivity contribution in [2.75, 3.05) is 14.2 Å². The van der Waals surface area contributed by atoms with Crippen LogP contribution in [0.15, 0.2) is 59.7 Å². The Morgan fingerprint density at radius 2 is 1.15 bits per heavy atom. The van der Waals surface area contributed by atoms with Gasteiger partial charge in [-0.3, -0.25) is 9.59 Å². The molecule has 6 heteroatoms. The summed E-state index contributed by atoms with van der Waals surface area (Å²) in [6.07, 6.45) is 0. The first-order valence-electron chi connectivity index (χ1n) is 8.26. The van der Waals surface area contributed by atoms with Gasteiger partial charge >= 0.3 is 0 Å². The summed E-state index contributed by atoms with van der Waals surface area (Å²) in [4.78, 5) is 25.3. The average Bonchev–Trinajstić information content (AvgIpc) is 3.20. The summed E-state index contributed by atoms with van der Waals surface area (Å²) < 4.78 is 10.5. The number of amides is 2. The molecular formula is C20H18N2O4. The van der Waals surface area contributed by atoms with Gasteiger partial charge in [0.15, 0.2) is 0 Å². The molecule has 2 heterocycles. The van der Waals surface area contributed by atoms with Gasteiger partial charge in [0, 0.05) is 0 Å². The molecule has 0 saturated heterocycles. The molecule has 2 unspecified atom stereocenters. The number of rotatable bonds is 4. The van der Waals surface area contributed by atoms with Gasteiger partial charge in [-0.2, -0.15) is 0 Å². The Balaban J connectivity index is 1.76. The fourth-order valence-electron chi connectivity index (χ4n) is 3.52. The van der Waals surface area contributed by atoms with Crippen LogP contribution in [0.5, 0.6) is 11.5 Å². The molecule has 0 bridgehead atoms. The predicted molar refractivity (Wildman–Crippen MR) is 94.8 cm³/mol. The highest BCUT2D eigenvalue weighted by molar-refractivity contribution is 6.14. The number of methoxy groups -OCH3 is 2. The molecule has 0 spiro atoms. The molecule has 0 aromatic heterocycles. The summed E-state index contributed by atoms with van der Waals surface area (Å²) in [6, 6.07) is 13.8. The highest BCUT2D eigenvalue weighted by Gasteiger charge is 2.46. The van der Waals surface area contributed by atoms with Gasteiger partial charge in [0.25, 0.3) is 11.8 Å². The lowest BCUT2D eigenvalue weighted by molar-refractivity contribution is -0.118. The second-order valence-electron chi connectivity index (χ2n) is 6.19. The first-order valence-corrected chi connectivity index (χ1v) is 8.26. The zero-order chi connectivity index (χ0) is 18.3. The summed E-state index contributed by atoms with van der Waals surface area (Å²) in [7, 11) is 3.16. The van der Waals surface area contributed by atoms with E-state index in [-0.39, 0.29) is 11.8 Å². The normalized spacial score (nSPS) is 21.3. The van der Waals surface area contributed by atoms with Crippen molar-refractivity contribution in [2.24, 2.45) is 0 Å². The van der Waals surface area contributed by atoms with Gasteiger partial charge in [-0.1, -0.05) is 24.3 Å². The lowest BCUT2D eigenvalue weighted by Gasteiger charge is -2.18. The van der Waals surface area contributed by atoms with Crippen molar-refractivity contribution in [3.05, 3.63) is 70.8 Å². The molecular weight excluding hydrogens is 332 g/mol. The second-order valence-corrected chi connectivity index (χ2v) is 6.19. The number of benzene rings is 2. The molecule has 2 aromatic rings. The molecule has 0 saturated carbocycles. The van der Waals surface area contributed by atoms with Crippen molar-refractivity contribution in [3.8, 4) is 11.5 Å². The van der Waals surface area contributed by atoms with E-state index in [1.807, 2.05) is 48.5 Å². The van der Waals surface area contributed by atoms with Crippen LogP contribution in [0.25, 0.3) is 0 Å². The first-order chi connectivity index (χ1) is 12.6. The molecule has 2 atom stereocenters. The lowest BCUT2D eigenvalue weighted by atomic mass is 9.95. The molecule has 2 aliphatic rings. The minimum atomic E-state index is -0.483. The van der Waals surface area contributed by atoms with E-state index >= 15 is 0 Å². The van der Waals surface area contributed by atoms with Crippen LogP contribution in [0, 0.1) is 0 Å². The third kappa shape index (κ3) is 2.50. The number of carbonyl (C=O) groups excluding carboxylic acids is 2. The van der Waals surface area contributed by atoms with Crippen LogP contribution in [0.1, 0.15) is 23.2 Å². The lowest BCUT2D eigenvalue weighted by Crippen LogP contribution is -2.33. The van der Waals surface area contributed by atoms with Crippen molar-refractivity contribution >= 4 is 11.8 Å². The molecule has 2 N–H and O–H groups in total. The minimum Gasteiger partial charge on any atom is -0.497 e. The monoisotopic (exact) mass is 350 g/mol. The zero-order valence-electron chi connectivity index (χ0n) is 14.4. The number of nitrogens with one attached hydrogen (secondary N) is 2. The molecule has 2 aliphatic heterocycles. The smallest absolute Gasteiger partial charge is 0.250 e. The third-order valence-corrected chi connectivity index (χ3v) is 4.76. The van der Waals surface area contributed by atoms with Crippen LogP contribution in [0.4, 0.5) is 0 Å². The van der Waals surface area contributed by atoms with Crippen LogP contribution >= 0.6 is 0 Å². The average molecular weight is 350 g/mol. The molecule has 0 aliphatic carbocycles. The van der Waals surface area contributed by atoms with E-state index in [0.717, 1.165) is 11.1 Å². The molecule has 6 nitrogen and oxygen atoms in total. The first kappa shape index (κ1) is 16.2. The Hall–Kier alpha value is -3.28. The number of ether oxygens (including phenoxy) is 2. The maximum atomic E-state index is 12.7. The standard InChI is InChI=1S/C20H18N2O4/c1-25-13-7-3-5-11(9-13)17-15-16(20(24)21-17)18(22-19(15)23)12-6-4-8-14(10-12)26-2/h3-10,17-18H,1-2H3,(H,21,24)(H,22,23). The summed E-state index contributed by atoms with van der Waals surface area (Å²) in [5, 5.41) is 5.84. The molecule has 0 fully saturated rings. The second kappa shape index (κ2) is 6.22. The summed E-state index contributed by atoms with van der Waals surface area (Å²) >= 11 is 0. The largest absolute Gasteiger partial charge is 0.497 e. The van der Waals surface area contributed by atoms with E-state index in [1.54, 1.807) is 14.2 Å². The van der Waals surface area contributed by atoms with Crippen molar-refractivity contribution < 1.29 is 19.1 Å². The van der Waals surface area contributed by atoms with Crippen molar-refractivity contribution in [1.82, 2.24) is 10.6 Å². The Morgan fingerprint density at radius 3 is 1.54 bits per heavy atom. The maximum Gasteiger partial charge on any atom is 0.250 e. The molecule has 132 valence electrons. The highest BCUT2D eigenvalue weighted by atomic mass is 16.5. The molecule has 2 amide bonds. The van der Waals surface area contributed by atoms with Crippen molar-refractivity contribution in [2.45, 2.75) is 12.1 Å². The van der Waals surface area contributed by atoms with Crippen LogP contribution in [-0.4, -0.2) is 26.0 Å². The van der Waals surface area contributed by atoms with E-state index in [1.165, 1.54) is 0 Å². The van der Waals surface area contributed by atoms with Crippen LogP contribution < -0.4 is 20.1 Å². The summed E-state index contributed by atoms with van der Waals surface area (Å²) in [5.41, 5.74) is 2.56. The zero-order valence-corrected chi connectivity index (χ0v) is 14.4. The van der Waals surface area contributed by atoms with Gasteiger partial charge in [0.2, 0.25) is 0 Å². The Morgan fingerprint density at radius 1 is 0.731 bits per heavy atom. The van der Waals surface area contributed by atoms with Gasteiger partial charge in [-0.05, 0) is 35.4 Å². The molecule has 26 heavy (non-hydrogen) atoms. The Bertz CT molecular complexity index is 859. The van der Waals surface area contributed by atoms with Crippen molar-refractivity contribution in [1.29, 1.82) is 0 Å². The fraction of sp³-hybridized carbons (Fsp3) is 0.200. The number of carbonyl (C=O) groups is 2. The van der Waals surface area contributed by atoms with E-state index in [2.05, 4.69) is 10.6 Å². The summed E-state index contributed by atoms with van der Waals surface area (Å²) in [5.74, 6) is 0.875. The van der Waals surface area contributed by atoms with Crippen molar-refractivity contribution in [3.63, 3.8) is 0 Å². The molecule has 2 aromatic carbocycles. The quantitative estimate of drug-likeness (QED) is 0.885. The Labute approximate surface area is 150 Å². The van der Waals surface area contributed by atoms with Crippen LogP contribution in [0.2, 0.25) is 0 Å². The molecule has 4 rings (SSSR count). The Kier molecular flexibility index (Phi) is 3.88. The fourth-order valence-corrected chi connectivity index (χ4v) is 3.52. The van der Waals surface area contributed by atoms with Gasteiger partial charge in [-0.25, -0.2) is 0 Å². The van der Waals surface area contributed by atoms with Crippen LogP contribution in [0.3, 0.4) is 0 Å². The van der Waals surface area contributed by atoms with E-state index in [9.17, 15) is 9.59 Å². The van der Waals surface area contributed by atoms with Gasteiger partial charge in [-0.15, -0.1) is 0 Å². The summed E-state index contributed by atoms with van der Waals surface area (Å²) in [6.45, 7) is 0. The van der Waals surface area contributed by atoms with E-state index in [4.69, 9.17) is 9.47 Å². The molecule has 0 radical (unpaired) electrons. The third-order valence-electron chi connectivity index (χ3n) is 4.76. The predicted octanol–water partition coefficient (Wildman–Crippen LogP) is 2.04. The van der Waals surface area contributed by atoms with Gasteiger partial charge in [0.05, 0.1) is 37.4 Å². The SMILES string of the molecule is COc1cccc(C2NC(=O)C3=C2C(=O)NC3c2cccc(OC)c2)c1. The minimum absolute atomic E-state index is 0.237. The van der Waals surface area contributed by atoms with E-state index in [0.29, 0.717) is 22.6 Å².